The third-order valence-electron chi connectivity index (χ3n) is 14.8. The number of rotatable bonds is 56. The number of ether oxygens (including phenoxy) is 3. The molecular weight excluding hydrogens is 853 g/mol. The monoisotopic (exact) mass is 975 g/mol. The fourth-order valence-electron chi connectivity index (χ4n) is 9.67. The fraction of sp³-hybridized carbons (Fsp3) is 0.952. The van der Waals surface area contributed by atoms with Gasteiger partial charge in [0.1, 0.15) is 13.2 Å². The zero-order chi connectivity index (χ0) is 50.5. The van der Waals surface area contributed by atoms with Gasteiger partial charge in [0.25, 0.3) is 0 Å². The Kier molecular flexibility index (Phi) is 52.9. The number of hydrogen-bond acceptors (Lipinski definition) is 6. The summed E-state index contributed by atoms with van der Waals surface area (Å²) in [5.41, 5.74) is 0. The van der Waals surface area contributed by atoms with E-state index in [4.69, 9.17) is 14.2 Å². The zero-order valence-electron chi connectivity index (χ0n) is 47.6. The predicted molar refractivity (Wildman–Crippen MR) is 298 cm³/mol. The first-order chi connectivity index (χ1) is 33.6. The molecular formula is C63H122O6. The first-order valence-electron chi connectivity index (χ1n) is 31.1. The molecule has 0 aliphatic carbocycles. The highest BCUT2D eigenvalue weighted by Crippen LogP contribution is 2.19. The molecule has 69 heavy (non-hydrogen) atoms. The highest BCUT2D eigenvalue weighted by atomic mass is 16.6. The lowest BCUT2D eigenvalue weighted by Gasteiger charge is -2.18. The second-order valence-corrected chi connectivity index (χ2v) is 22.9. The lowest BCUT2D eigenvalue weighted by Crippen LogP contribution is -2.30. The maximum absolute atomic E-state index is 12.9. The Morgan fingerprint density at radius 3 is 0.754 bits per heavy atom. The molecule has 1 unspecified atom stereocenters. The van der Waals surface area contributed by atoms with E-state index in [0.717, 1.165) is 75.5 Å². The molecule has 0 rings (SSSR count). The second kappa shape index (κ2) is 54.2. The average molecular weight is 976 g/mol. The molecule has 0 spiro atoms. The Bertz CT molecular complexity index is 1070. The Labute approximate surface area is 431 Å². The molecule has 0 aromatic carbocycles. The summed E-state index contributed by atoms with van der Waals surface area (Å²) in [5, 5.41) is 0. The van der Waals surface area contributed by atoms with E-state index >= 15 is 0 Å². The fourth-order valence-corrected chi connectivity index (χ4v) is 9.67. The Balaban J connectivity index is 4.30. The predicted octanol–water partition coefficient (Wildman–Crippen LogP) is 20.7. The van der Waals surface area contributed by atoms with Crippen LogP contribution in [0.4, 0.5) is 0 Å². The third-order valence-corrected chi connectivity index (χ3v) is 14.8. The molecule has 2 atom stereocenters. The molecule has 0 aliphatic rings. The summed E-state index contributed by atoms with van der Waals surface area (Å²) in [6.45, 7) is 13.8. The van der Waals surface area contributed by atoms with Crippen LogP contribution in [0.25, 0.3) is 0 Å². The van der Waals surface area contributed by atoms with Gasteiger partial charge in [-0.05, 0) is 37.0 Å². The number of hydrogen-bond donors (Lipinski definition) is 0. The first-order valence-corrected chi connectivity index (χ1v) is 31.1. The smallest absolute Gasteiger partial charge is 0.306 e. The third kappa shape index (κ3) is 55.6. The number of carbonyl (C=O) groups excluding carboxylic acids is 3. The number of carbonyl (C=O) groups is 3. The van der Waals surface area contributed by atoms with Crippen molar-refractivity contribution in [1.82, 2.24) is 0 Å². The zero-order valence-corrected chi connectivity index (χ0v) is 47.6. The van der Waals surface area contributed by atoms with E-state index in [1.807, 2.05) is 0 Å². The first kappa shape index (κ1) is 67.4. The molecule has 0 saturated carbocycles. The Morgan fingerprint density at radius 1 is 0.290 bits per heavy atom. The standard InChI is InChI=1S/C63H122O6/c1-7-59(6)51-45-39-33-27-21-15-9-11-17-23-29-35-41-47-53-62(65)68-56-60(69-63(66)54-48-42-36-30-24-18-12-14-20-26-32-38-44-50-58(4)5)55-67-61(64)52-46-40-34-28-22-16-10-8-13-19-25-31-37-43-49-57(2)3/h57-60H,7-56H2,1-6H3/t59?,60-/m1/s1. The molecule has 0 aromatic heterocycles. The minimum Gasteiger partial charge on any atom is -0.462 e. The quantitative estimate of drug-likeness (QED) is 0.0343. The maximum Gasteiger partial charge on any atom is 0.306 e. The van der Waals surface area contributed by atoms with E-state index in [9.17, 15) is 14.4 Å². The average Bonchev–Trinajstić information content (AvgIpc) is 3.32. The molecule has 0 aromatic rings. The Morgan fingerprint density at radius 2 is 0.507 bits per heavy atom. The summed E-state index contributed by atoms with van der Waals surface area (Å²) in [5.74, 6) is 1.74. The molecule has 0 amide bonds. The van der Waals surface area contributed by atoms with Crippen LogP contribution in [0.2, 0.25) is 0 Å². The van der Waals surface area contributed by atoms with Gasteiger partial charge in [0.15, 0.2) is 6.10 Å². The summed E-state index contributed by atoms with van der Waals surface area (Å²) in [4.78, 5) is 38.3. The van der Waals surface area contributed by atoms with Crippen molar-refractivity contribution in [3.63, 3.8) is 0 Å². The molecule has 410 valence electrons. The van der Waals surface area contributed by atoms with Crippen molar-refractivity contribution >= 4 is 17.9 Å². The van der Waals surface area contributed by atoms with E-state index < -0.39 is 6.10 Å². The SMILES string of the molecule is CCC(C)CCCCCCCCCCCCCCCCC(=O)OC[C@@H](COC(=O)CCCCCCCCCCCCCCCCC(C)C)OC(=O)CCCCCCCCCCCCCCCC(C)C. The van der Waals surface area contributed by atoms with Crippen LogP contribution in [0.5, 0.6) is 0 Å². The minimum absolute atomic E-state index is 0.0628. The molecule has 0 saturated heterocycles. The van der Waals surface area contributed by atoms with E-state index in [1.165, 1.54) is 231 Å². The van der Waals surface area contributed by atoms with E-state index in [2.05, 4.69) is 41.5 Å². The van der Waals surface area contributed by atoms with Crippen molar-refractivity contribution in [1.29, 1.82) is 0 Å². The van der Waals surface area contributed by atoms with Gasteiger partial charge >= 0.3 is 17.9 Å². The lowest BCUT2D eigenvalue weighted by molar-refractivity contribution is -0.167. The van der Waals surface area contributed by atoms with Gasteiger partial charge in [0, 0.05) is 19.3 Å². The van der Waals surface area contributed by atoms with Gasteiger partial charge in [0.05, 0.1) is 0 Å². The van der Waals surface area contributed by atoms with Crippen LogP contribution < -0.4 is 0 Å². The summed E-state index contributed by atoms with van der Waals surface area (Å²) >= 11 is 0. The number of esters is 3. The summed E-state index contributed by atoms with van der Waals surface area (Å²) < 4.78 is 16.9. The van der Waals surface area contributed by atoms with Gasteiger partial charge < -0.3 is 14.2 Å². The van der Waals surface area contributed by atoms with Gasteiger partial charge in [-0.15, -0.1) is 0 Å². The van der Waals surface area contributed by atoms with Crippen LogP contribution in [-0.2, 0) is 28.6 Å². The van der Waals surface area contributed by atoms with Crippen LogP contribution in [0.15, 0.2) is 0 Å². The van der Waals surface area contributed by atoms with Crippen LogP contribution in [-0.4, -0.2) is 37.2 Å². The molecule has 0 N–H and O–H groups in total. The van der Waals surface area contributed by atoms with Crippen LogP contribution >= 0.6 is 0 Å². The molecule has 0 fully saturated rings. The van der Waals surface area contributed by atoms with Gasteiger partial charge in [0.2, 0.25) is 0 Å². The minimum atomic E-state index is -0.764. The molecule has 0 aliphatic heterocycles. The van der Waals surface area contributed by atoms with Crippen molar-refractivity contribution in [2.75, 3.05) is 13.2 Å². The van der Waals surface area contributed by atoms with Crippen molar-refractivity contribution in [2.45, 2.75) is 356 Å². The van der Waals surface area contributed by atoms with Gasteiger partial charge in [-0.25, -0.2) is 0 Å². The molecule has 0 radical (unpaired) electrons. The molecule has 6 heteroatoms. The largest absolute Gasteiger partial charge is 0.462 e. The van der Waals surface area contributed by atoms with Gasteiger partial charge in [-0.2, -0.15) is 0 Å². The van der Waals surface area contributed by atoms with Crippen LogP contribution in [0, 0.1) is 17.8 Å². The maximum atomic E-state index is 12.9. The van der Waals surface area contributed by atoms with Gasteiger partial charge in [-0.3, -0.25) is 14.4 Å². The van der Waals surface area contributed by atoms with Crippen LogP contribution in [0.1, 0.15) is 350 Å². The van der Waals surface area contributed by atoms with Gasteiger partial charge in [-0.1, -0.05) is 311 Å². The highest BCUT2D eigenvalue weighted by molar-refractivity contribution is 5.71. The Hall–Kier alpha value is -1.59. The van der Waals surface area contributed by atoms with E-state index in [0.29, 0.717) is 19.3 Å². The van der Waals surface area contributed by atoms with Crippen molar-refractivity contribution < 1.29 is 28.6 Å². The van der Waals surface area contributed by atoms with Crippen LogP contribution in [0.3, 0.4) is 0 Å². The second-order valence-electron chi connectivity index (χ2n) is 22.9. The molecule has 6 nitrogen and oxygen atoms in total. The summed E-state index contributed by atoms with van der Waals surface area (Å²) in [6.07, 6.45) is 58.0. The summed E-state index contributed by atoms with van der Waals surface area (Å²) in [7, 11) is 0. The topological polar surface area (TPSA) is 78.9 Å². The van der Waals surface area contributed by atoms with E-state index in [-0.39, 0.29) is 31.1 Å². The molecule has 0 heterocycles. The molecule has 0 bridgehead atoms. The van der Waals surface area contributed by atoms with Crippen molar-refractivity contribution in [3.8, 4) is 0 Å². The van der Waals surface area contributed by atoms with Crippen molar-refractivity contribution in [3.05, 3.63) is 0 Å². The van der Waals surface area contributed by atoms with E-state index in [1.54, 1.807) is 0 Å². The number of unbranched alkanes of at least 4 members (excludes halogenated alkanes) is 38. The lowest BCUT2D eigenvalue weighted by atomic mass is 9.99. The van der Waals surface area contributed by atoms with Crippen molar-refractivity contribution in [2.24, 2.45) is 17.8 Å². The summed E-state index contributed by atoms with van der Waals surface area (Å²) in [6, 6.07) is 0. The normalized spacial score (nSPS) is 12.5. The highest BCUT2D eigenvalue weighted by Gasteiger charge is 2.19.